The van der Waals surface area contributed by atoms with Gasteiger partial charge in [0.25, 0.3) is 0 Å². The van der Waals surface area contributed by atoms with Gasteiger partial charge in [-0.1, -0.05) is 24.0 Å². The maximum atomic E-state index is 10.6. The summed E-state index contributed by atoms with van der Waals surface area (Å²) < 4.78 is 0. The van der Waals surface area contributed by atoms with Crippen LogP contribution < -0.4 is 11.1 Å². The summed E-state index contributed by atoms with van der Waals surface area (Å²) >= 11 is 0. The molecule has 0 atom stereocenters. The van der Waals surface area contributed by atoms with E-state index >= 15 is 0 Å². The molecular weight excluding hydrogens is 188 g/mol. The molecule has 1 amide bonds. The van der Waals surface area contributed by atoms with Crippen LogP contribution in [0.5, 0.6) is 0 Å². The molecule has 15 heavy (non-hydrogen) atoms. The van der Waals surface area contributed by atoms with Crippen molar-refractivity contribution in [3.8, 4) is 11.8 Å². The monoisotopic (exact) mass is 202 g/mol. The minimum atomic E-state index is -0.0819. The Kier molecular flexibility index (Phi) is 3.75. The molecule has 0 unspecified atom stereocenters. The highest BCUT2D eigenvalue weighted by atomic mass is 16.1. The second-order valence-corrected chi connectivity index (χ2v) is 3.25. The van der Waals surface area contributed by atoms with Crippen LogP contribution in [0.3, 0.4) is 0 Å². The highest BCUT2D eigenvalue weighted by molar-refractivity contribution is 5.73. The Bertz CT molecular complexity index is 427. The summed E-state index contributed by atoms with van der Waals surface area (Å²) in [6.45, 7) is 3.75. The molecule has 1 aromatic carbocycles. The Morgan fingerprint density at radius 3 is 2.93 bits per heavy atom. The first-order valence-corrected chi connectivity index (χ1v) is 4.69. The molecule has 0 saturated heterocycles. The van der Waals surface area contributed by atoms with Gasteiger partial charge >= 0.3 is 0 Å². The van der Waals surface area contributed by atoms with E-state index in [0.29, 0.717) is 12.2 Å². The lowest BCUT2D eigenvalue weighted by Gasteiger charge is -2.01. The van der Waals surface area contributed by atoms with E-state index in [4.69, 9.17) is 5.73 Å². The number of nitrogen functional groups attached to an aromatic ring is 1. The Balaban J connectivity index is 2.72. The molecule has 1 rings (SSSR count). The van der Waals surface area contributed by atoms with E-state index in [1.54, 1.807) is 0 Å². The second-order valence-electron chi connectivity index (χ2n) is 3.25. The second kappa shape index (κ2) is 5.06. The number of amides is 1. The van der Waals surface area contributed by atoms with Crippen LogP contribution in [-0.4, -0.2) is 12.5 Å². The summed E-state index contributed by atoms with van der Waals surface area (Å²) in [4.78, 5) is 10.6. The van der Waals surface area contributed by atoms with Gasteiger partial charge in [0, 0.05) is 12.5 Å². The van der Waals surface area contributed by atoms with Gasteiger partial charge < -0.3 is 11.1 Å². The van der Waals surface area contributed by atoms with Crippen molar-refractivity contribution in [2.45, 2.75) is 13.8 Å². The quantitative estimate of drug-likeness (QED) is 0.528. The minimum Gasteiger partial charge on any atom is -0.398 e. The molecule has 0 heterocycles. The van der Waals surface area contributed by atoms with Gasteiger partial charge in [0.1, 0.15) is 0 Å². The van der Waals surface area contributed by atoms with Crippen LogP contribution in [0, 0.1) is 18.8 Å². The van der Waals surface area contributed by atoms with Crippen molar-refractivity contribution < 1.29 is 4.79 Å². The third-order valence-electron chi connectivity index (χ3n) is 1.97. The molecule has 0 spiro atoms. The Morgan fingerprint density at radius 1 is 1.53 bits per heavy atom. The summed E-state index contributed by atoms with van der Waals surface area (Å²) in [6, 6.07) is 5.71. The molecule has 1 aromatic rings. The number of carbonyl (C=O) groups excluding carboxylic acids is 1. The number of hydrogen-bond donors (Lipinski definition) is 2. The largest absolute Gasteiger partial charge is 0.398 e. The van der Waals surface area contributed by atoms with Crippen molar-refractivity contribution in [1.29, 1.82) is 0 Å². The van der Waals surface area contributed by atoms with Gasteiger partial charge in [-0.05, 0) is 18.6 Å². The molecule has 3 nitrogen and oxygen atoms in total. The predicted octanol–water partition coefficient (Wildman–Crippen LogP) is 1.06. The molecule has 78 valence electrons. The number of nitrogens with one attached hydrogen (secondary N) is 1. The molecule has 0 radical (unpaired) electrons. The van der Waals surface area contributed by atoms with Crippen LogP contribution in [0.4, 0.5) is 5.69 Å². The molecule has 0 saturated carbocycles. The summed E-state index contributed by atoms with van der Waals surface area (Å²) in [6.07, 6.45) is 0. The Morgan fingerprint density at radius 2 is 2.27 bits per heavy atom. The number of nitrogens with two attached hydrogens (primary N) is 1. The van der Waals surface area contributed by atoms with Crippen LogP contribution in [0.1, 0.15) is 18.1 Å². The number of rotatable bonds is 1. The average molecular weight is 202 g/mol. The fraction of sp³-hybridized carbons (Fsp3) is 0.250. The van der Waals surface area contributed by atoms with E-state index < -0.39 is 0 Å². The molecule has 3 heteroatoms. The first kappa shape index (κ1) is 11.1. The standard InChI is InChI=1S/C12H14N2O/c1-9-5-3-6-11(12(9)13)7-4-8-14-10(2)15/h3,5-6H,8,13H2,1-2H3,(H,14,15). The van der Waals surface area contributed by atoms with Crippen molar-refractivity contribution in [2.24, 2.45) is 0 Å². The van der Waals surface area contributed by atoms with E-state index in [9.17, 15) is 4.79 Å². The first-order chi connectivity index (χ1) is 7.11. The summed E-state index contributed by atoms with van der Waals surface area (Å²) in [5, 5.41) is 2.60. The zero-order valence-electron chi connectivity index (χ0n) is 8.92. The third kappa shape index (κ3) is 3.35. The lowest BCUT2D eigenvalue weighted by molar-refractivity contribution is -0.118. The van der Waals surface area contributed by atoms with E-state index in [1.807, 2.05) is 25.1 Å². The van der Waals surface area contributed by atoms with Gasteiger partial charge in [-0.15, -0.1) is 0 Å². The number of para-hydroxylation sites is 1. The van der Waals surface area contributed by atoms with Crippen LogP contribution in [0.25, 0.3) is 0 Å². The lowest BCUT2D eigenvalue weighted by Crippen LogP contribution is -2.19. The zero-order chi connectivity index (χ0) is 11.3. The maximum Gasteiger partial charge on any atom is 0.217 e. The fourth-order valence-corrected chi connectivity index (χ4v) is 1.10. The molecule has 0 bridgehead atoms. The van der Waals surface area contributed by atoms with Crippen molar-refractivity contribution in [1.82, 2.24) is 5.32 Å². The average Bonchev–Trinajstić information content (AvgIpc) is 2.18. The van der Waals surface area contributed by atoms with Gasteiger partial charge in [-0.3, -0.25) is 4.79 Å². The molecule has 0 aliphatic carbocycles. The van der Waals surface area contributed by atoms with E-state index in [0.717, 1.165) is 11.1 Å². The summed E-state index contributed by atoms with van der Waals surface area (Å²) in [5.41, 5.74) is 8.36. The Hall–Kier alpha value is -1.95. The normalized spacial score (nSPS) is 8.93. The molecule has 0 aromatic heterocycles. The van der Waals surface area contributed by atoms with Gasteiger partial charge in [-0.2, -0.15) is 0 Å². The first-order valence-electron chi connectivity index (χ1n) is 4.69. The van der Waals surface area contributed by atoms with Crippen LogP contribution in [0.2, 0.25) is 0 Å². The van der Waals surface area contributed by atoms with Crippen LogP contribution in [-0.2, 0) is 4.79 Å². The molecule has 0 fully saturated rings. The van der Waals surface area contributed by atoms with Gasteiger partial charge in [-0.25, -0.2) is 0 Å². The Labute approximate surface area is 89.7 Å². The van der Waals surface area contributed by atoms with Gasteiger partial charge in [0.05, 0.1) is 12.2 Å². The molecule has 0 aliphatic rings. The number of hydrogen-bond acceptors (Lipinski definition) is 2. The highest BCUT2D eigenvalue weighted by Crippen LogP contribution is 2.14. The maximum absolute atomic E-state index is 10.6. The number of carbonyl (C=O) groups is 1. The number of anilines is 1. The topological polar surface area (TPSA) is 55.1 Å². The predicted molar refractivity (Wildman–Crippen MR) is 61.2 cm³/mol. The van der Waals surface area contributed by atoms with Crippen LogP contribution in [0.15, 0.2) is 18.2 Å². The van der Waals surface area contributed by atoms with E-state index in [-0.39, 0.29) is 5.91 Å². The minimum absolute atomic E-state index is 0.0819. The molecular formula is C12H14N2O. The summed E-state index contributed by atoms with van der Waals surface area (Å²) in [7, 11) is 0. The van der Waals surface area contributed by atoms with E-state index in [2.05, 4.69) is 17.2 Å². The highest BCUT2D eigenvalue weighted by Gasteiger charge is 1.96. The third-order valence-corrected chi connectivity index (χ3v) is 1.97. The SMILES string of the molecule is CC(=O)NCC#Cc1cccc(C)c1N. The van der Waals surface area contributed by atoms with E-state index in [1.165, 1.54) is 6.92 Å². The van der Waals surface area contributed by atoms with Gasteiger partial charge in [0.2, 0.25) is 5.91 Å². The van der Waals surface area contributed by atoms with Crippen LogP contribution >= 0.6 is 0 Å². The zero-order valence-corrected chi connectivity index (χ0v) is 8.92. The molecule has 3 N–H and O–H groups in total. The van der Waals surface area contributed by atoms with Crippen molar-refractivity contribution >= 4 is 11.6 Å². The van der Waals surface area contributed by atoms with Crippen molar-refractivity contribution in [2.75, 3.05) is 12.3 Å². The molecule has 0 aliphatic heterocycles. The smallest absolute Gasteiger partial charge is 0.217 e. The number of benzene rings is 1. The van der Waals surface area contributed by atoms with Crippen molar-refractivity contribution in [3.63, 3.8) is 0 Å². The fourth-order valence-electron chi connectivity index (χ4n) is 1.10. The van der Waals surface area contributed by atoms with Crippen molar-refractivity contribution in [3.05, 3.63) is 29.3 Å². The van der Waals surface area contributed by atoms with Gasteiger partial charge in [0.15, 0.2) is 0 Å². The lowest BCUT2D eigenvalue weighted by atomic mass is 10.1. The summed E-state index contributed by atoms with van der Waals surface area (Å²) in [5.74, 6) is 5.68. The number of aryl methyl sites for hydroxylation is 1.